The molecule has 0 aliphatic carbocycles. The zero-order valence-corrected chi connectivity index (χ0v) is 12.7. The molecule has 4 rings (SSSR count). The van der Waals surface area contributed by atoms with Gasteiger partial charge in [0.25, 0.3) is 0 Å². The largest absolute Gasteiger partial charge is 0.436 e. The standard InChI is InChI=1S/C18H19N3O/c1-13-5-2-3-6-14(13)18-20-17-15(7-4-8-16(17)22-18)21-11-9-19-10-12-21/h2-8,19H,9-12H2,1H3. The molecule has 1 N–H and O–H groups in total. The fourth-order valence-corrected chi connectivity index (χ4v) is 3.02. The predicted molar refractivity (Wildman–Crippen MR) is 89.3 cm³/mol. The average Bonchev–Trinajstić information content (AvgIpc) is 3.00. The molecule has 22 heavy (non-hydrogen) atoms. The first-order valence-electron chi connectivity index (χ1n) is 7.74. The summed E-state index contributed by atoms with van der Waals surface area (Å²) < 4.78 is 6.01. The van der Waals surface area contributed by atoms with Crippen LogP contribution in [0.3, 0.4) is 0 Å². The molecule has 1 aliphatic heterocycles. The molecule has 0 unspecified atom stereocenters. The first-order valence-corrected chi connectivity index (χ1v) is 7.74. The summed E-state index contributed by atoms with van der Waals surface area (Å²) in [7, 11) is 0. The summed E-state index contributed by atoms with van der Waals surface area (Å²) in [6.07, 6.45) is 0. The molecule has 0 amide bonds. The third-order valence-electron chi connectivity index (χ3n) is 4.23. The van der Waals surface area contributed by atoms with Gasteiger partial charge in [-0.2, -0.15) is 0 Å². The zero-order valence-electron chi connectivity index (χ0n) is 12.7. The van der Waals surface area contributed by atoms with Crippen molar-refractivity contribution in [3.8, 4) is 11.5 Å². The number of oxazole rings is 1. The van der Waals surface area contributed by atoms with E-state index in [0.717, 1.165) is 42.8 Å². The fraction of sp³-hybridized carbons (Fsp3) is 0.278. The highest BCUT2D eigenvalue weighted by molar-refractivity contribution is 5.89. The summed E-state index contributed by atoms with van der Waals surface area (Å²) in [5, 5.41) is 3.39. The van der Waals surface area contributed by atoms with Crippen LogP contribution < -0.4 is 10.2 Å². The van der Waals surface area contributed by atoms with Gasteiger partial charge in [-0.15, -0.1) is 0 Å². The number of fused-ring (bicyclic) bond motifs is 1. The number of nitrogens with one attached hydrogen (secondary N) is 1. The minimum Gasteiger partial charge on any atom is -0.436 e. The van der Waals surface area contributed by atoms with Gasteiger partial charge in [0.1, 0.15) is 5.52 Å². The lowest BCUT2D eigenvalue weighted by atomic mass is 10.1. The lowest BCUT2D eigenvalue weighted by Gasteiger charge is -2.29. The van der Waals surface area contributed by atoms with Crippen LogP contribution in [0.4, 0.5) is 5.69 Å². The molecule has 0 spiro atoms. The Kier molecular flexibility index (Phi) is 3.31. The van der Waals surface area contributed by atoms with Crippen LogP contribution in [0.2, 0.25) is 0 Å². The summed E-state index contributed by atoms with van der Waals surface area (Å²) in [6, 6.07) is 14.4. The maximum Gasteiger partial charge on any atom is 0.227 e. The molecular formula is C18H19N3O. The Morgan fingerprint density at radius 3 is 2.68 bits per heavy atom. The van der Waals surface area contributed by atoms with Crippen molar-refractivity contribution in [3.63, 3.8) is 0 Å². The number of aryl methyl sites for hydroxylation is 1. The molecule has 0 atom stereocenters. The molecule has 2 aromatic carbocycles. The van der Waals surface area contributed by atoms with E-state index in [2.05, 4.69) is 35.3 Å². The normalized spacial score (nSPS) is 15.4. The number of hydrogen-bond donors (Lipinski definition) is 1. The van der Waals surface area contributed by atoms with Gasteiger partial charge in [-0.25, -0.2) is 4.98 Å². The van der Waals surface area contributed by atoms with Crippen LogP contribution in [0.25, 0.3) is 22.6 Å². The number of hydrogen-bond acceptors (Lipinski definition) is 4. The first-order chi connectivity index (χ1) is 10.8. The van der Waals surface area contributed by atoms with Crippen LogP contribution in [0.15, 0.2) is 46.9 Å². The second kappa shape index (κ2) is 5.46. The number of nitrogens with zero attached hydrogens (tertiary/aromatic N) is 2. The third kappa shape index (κ3) is 2.25. The highest BCUT2D eigenvalue weighted by atomic mass is 16.3. The van der Waals surface area contributed by atoms with Gasteiger partial charge in [-0.3, -0.25) is 0 Å². The van der Waals surface area contributed by atoms with E-state index in [0.29, 0.717) is 5.89 Å². The lowest BCUT2D eigenvalue weighted by molar-refractivity contribution is 0.590. The van der Waals surface area contributed by atoms with Crippen molar-refractivity contribution in [1.82, 2.24) is 10.3 Å². The topological polar surface area (TPSA) is 41.3 Å². The molecule has 2 heterocycles. The van der Waals surface area contributed by atoms with Crippen LogP contribution in [0.1, 0.15) is 5.56 Å². The van der Waals surface area contributed by atoms with E-state index < -0.39 is 0 Å². The second-order valence-electron chi connectivity index (χ2n) is 5.69. The Labute approximate surface area is 129 Å². The average molecular weight is 293 g/mol. The number of rotatable bonds is 2. The van der Waals surface area contributed by atoms with Crippen LogP contribution >= 0.6 is 0 Å². The van der Waals surface area contributed by atoms with Crippen molar-refractivity contribution in [2.24, 2.45) is 0 Å². The summed E-state index contributed by atoms with van der Waals surface area (Å²) in [4.78, 5) is 7.17. The van der Waals surface area contributed by atoms with Gasteiger partial charge >= 0.3 is 0 Å². The summed E-state index contributed by atoms with van der Waals surface area (Å²) in [6.45, 7) is 6.12. The Morgan fingerprint density at radius 1 is 1.05 bits per heavy atom. The van der Waals surface area contributed by atoms with Crippen LogP contribution in [0.5, 0.6) is 0 Å². The SMILES string of the molecule is Cc1ccccc1-c1nc2c(N3CCNCC3)cccc2o1. The highest BCUT2D eigenvalue weighted by Crippen LogP contribution is 2.32. The minimum atomic E-state index is 0.704. The summed E-state index contributed by atoms with van der Waals surface area (Å²) >= 11 is 0. The van der Waals surface area contributed by atoms with E-state index in [1.807, 2.05) is 24.3 Å². The predicted octanol–water partition coefficient (Wildman–Crippen LogP) is 3.21. The molecule has 4 heteroatoms. The minimum absolute atomic E-state index is 0.704. The van der Waals surface area contributed by atoms with Crippen molar-refractivity contribution in [1.29, 1.82) is 0 Å². The number of para-hydroxylation sites is 1. The van der Waals surface area contributed by atoms with Gasteiger partial charge in [0.05, 0.1) is 5.69 Å². The maximum absolute atomic E-state index is 6.01. The molecule has 3 aromatic rings. The van der Waals surface area contributed by atoms with E-state index in [1.165, 1.54) is 11.3 Å². The van der Waals surface area contributed by atoms with E-state index in [1.54, 1.807) is 0 Å². The molecule has 0 bridgehead atoms. The van der Waals surface area contributed by atoms with E-state index in [9.17, 15) is 0 Å². The van der Waals surface area contributed by atoms with E-state index >= 15 is 0 Å². The fourth-order valence-electron chi connectivity index (χ4n) is 3.02. The van der Waals surface area contributed by atoms with Crippen molar-refractivity contribution >= 4 is 16.8 Å². The van der Waals surface area contributed by atoms with Gasteiger partial charge in [0.2, 0.25) is 5.89 Å². The molecule has 0 saturated carbocycles. The van der Waals surface area contributed by atoms with Crippen molar-refractivity contribution < 1.29 is 4.42 Å². The lowest BCUT2D eigenvalue weighted by Crippen LogP contribution is -2.43. The van der Waals surface area contributed by atoms with Crippen molar-refractivity contribution in [2.45, 2.75) is 6.92 Å². The van der Waals surface area contributed by atoms with Gasteiger partial charge in [0.15, 0.2) is 5.58 Å². The quantitative estimate of drug-likeness (QED) is 0.787. The highest BCUT2D eigenvalue weighted by Gasteiger charge is 2.17. The second-order valence-corrected chi connectivity index (χ2v) is 5.69. The summed E-state index contributed by atoms with van der Waals surface area (Å²) in [5.41, 5.74) is 5.22. The molecule has 4 nitrogen and oxygen atoms in total. The number of aromatic nitrogens is 1. The van der Waals surface area contributed by atoms with Crippen molar-refractivity contribution in [2.75, 3.05) is 31.1 Å². The summed E-state index contributed by atoms with van der Waals surface area (Å²) in [5.74, 6) is 0.704. The van der Waals surface area contributed by atoms with E-state index in [-0.39, 0.29) is 0 Å². The Balaban J connectivity index is 1.82. The van der Waals surface area contributed by atoms with Gasteiger partial charge in [-0.05, 0) is 30.7 Å². The van der Waals surface area contributed by atoms with Gasteiger partial charge in [-0.1, -0.05) is 24.3 Å². The van der Waals surface area contributed by atoms with E-state index in [4.69, 9.17) is 9.40 Å². The maximum atomic E-state index is 6.01. The molecular weight excluding hydrogens is 274 g/mol. The Morgan fingerprint density at radius 2 is 1.86 bits per heavy atom. The van der Waals surface area contributed by atoms with Gasteiger partial charge < -0.3 is 14.6 Å². The van der Waals surface area contributed by atoms with Crippen molar-refractivity contribution in [3.05, 3.63) is 48.0 Å². The van der Waals surface area contributed by atoms with Crippen LogP contribution in [0, 0.1) is 6.92 Å². The number of benzene rings is 2. The number of piperazine rings is 1. The molecule has 1 aliphatic rings. The molecule has 1 fully saturated rings. The first kappa shape index (κ1) is 13.3. The smallest absolute Gasteiger partial charge is 0.227 e. The Bertz CT molecular complexity index is 803. The Hall–Kier alpha value is -2.33. The molecule has 1 aromatic heterocycles. The molecule has 0 radical (unpaired) electrons. The van der Waals surface area contributed by atoms with Gasteiger partial charge in [0, 0.05) is 31.7 Å². The van der Waals surface area contributed by atoms with Crippen LogP contribution in [-0.4, -0.2) is 31.2 Å². The monoisotopic (exact) mass is 293 g/mol. The third-order valence-corrected chi connectivity index (χ3v) is 4.23. The zero-order chi connectivity index (χ0) is 14.9. The van der Waals surface area contributed by atoms with Crippen LogP contribution in [-0.2, 0) is 0 Å². The number of anilines is 1. The molecule has 1 saturated heterocycles. The molecule has 112 valence electrons.